The lowest BCUT2D eigenvalue weighted by Crippen LogP contribution is -2.27. The average molecular weight is 342 g/mol. The molecule has 0 radical (unpaired) electrons. The van der Waals surface area contributed by atoms with Crippen LogP contribution >= 0.6 is 11.3 Å². The Morgan fingerprint density at radius 2 is 1.95 bits per heavy atom. The Hall–Kier alpha value is -1.55. The molecule has 0 saturated heterocycles. The van der Waals surface area contributed by atoms with Crippen molar-refractivity contribution in [3.05, 3.63) is 34.8 Å². The normalized spacial score (nSPS) is 11.5. The monoisotopic (exact) mass is 342 g/mol. The molecule has 0 spiro atoms. The molecule has 0 saturated carbocycles. The third-order valence-electron chi connectivity index (χ3n) is 2.80. The zero-order chi connectivity index (χ0) is 16.0. The number of hydrogen-bond acceptors (Lipinski definition) is 7. The van der Waals surface area contributed by atoms with Crippen molar-refractivity contribution in [1.29, 1.82) is 0 Å². The number of aryl methyl sites for hydroxylation is 1. The molecule has 1 aromatic heterocycles. The molecular formula is C13H18N4O3S2. The SMILES string of the molecule is COCCNS(=O)(=O)c1ccc(CNc2nnc(C)s2)cc1. The van der Waals surface area contributed by atoms with Gasteiger partial charge in [-0.2, -0.15) is 0 Å². The molecule has 0 atom stereocenters. The van der Waals surface area contributed by atoms with Crippen molar-refractivity contribution in [2.75, 3.05) is 25.6 Å². The number of aromatic nitrogens is 2. The van der Waals surface area contributed by atoms with E-state index in [0.717, 1.165) is 15.7 Å². The lowest BCUT2D eigenvalue weighted by atomic mass is 10.2. The summed E-state index contributed by atoms with van der Waals surface area (Å²) in [6.07, 6.45) is 0. The number of methoxy groups -OCH3 is 1. The summed E-state index contributed by atoms with van der Waals surface area (Å²) in [6.45, 7) is 3.03. The molecule has 0 aliphatic heterocycles. The Balaban J connectivity index is 1.94. The van der Waals surface area contributed by atoms with Crippen LogP contribution in [0.4, 0.5) is 5.13 Å². The maximum Gasteiger partial charge on any atom is 0.240 e. The third kappa shape index (κ3) is 4.73. The van der Waals surface area contributed by atoms with E-state index < -0.39 is 10.0 Å². The predicted octanol–water partition coefficient (Wildman–Crippen LogP) is 1.38. The standard InChI is InChI=1S/C13H18N4O3S2/c1-10-16-17-13(21-10)14-9-11-3-5-12(6-4-11)22(18,19)15-7-8-20-2/h3-6,15H,7-9H2,1-2H3,(H,14,17). The van der Waals surface area contributed by atoms with Crippen molar-refractivity contribution in [3.8, 4) is 0 Å². The Bertz CT molecular complexity index is 698. The lowest BCUT2D eigenvalue weighted by Gasteiger charge is -2.07. The topological polar surface area (TPSA) is 93.2 Å². The van der Waals surface area contributed by atoms with E-state index in [4.69, 9.17) is 4.74 Å². The first kappa shape index (κ1) is 16.8. The Morgan fingerprint density at radius 1 is 1.23 bits per heavy atom. The summed E-state index contributed by atoms with van der Waals surface area (Å²) >= 11 is 1.47. The van der Waals surface area contributed by atoms with Crippen LogP contribution in [0.25, 0.3) is 0 Å². The Kier molecular flexibility index (Phi) is 5.83. The number of hydrogen-bond donors (Lipinski definition) is 2. The summed E-state index contributed by atoms with van der Waals surface area (Å²) in [6, 6.07) is 6.70. The first-order valence-electron chi connectivity index (χ1n) is 6.63. The minimum Gasteiger partial charge on any atom is -0.383 e. The summed E-state index contributed by atoms with van der Waals surface area (Å²) < 4.78 is 31.3. The van der Waals surface area contributed by atoms with Crippen LogP contribution < -0.4 is 10.0 Å². The highest BCUT2D eigenvalue weighted by atomic mass is 32.2. The summed E-state index contributed by atoms with van der Waals surface area (Å²) in [5.41, 5.74) is 0.962. The zero-order valence-corrected chi connectivity index (χ0v) is 14.0. The molecule has 0 aliphatic rings. The van der Waals surface area contributed by atoms with E-state index in [2.05, 4.69) is 20.2 Å². The number of ether oxygens (including phenoxy) is 1. The van der Waals surface area contributed by atoms with Crippen molar-refractivity contribution < 1.29 is 13.2 Å². The van der Waals surface area contributed by atoms with Gasteiger partial charge in [-0.25, -0.2) is 13.1 Å². The molecule has 0 unspecified atom stereocenters. The molecule has 0 amide bonds. The summed E-state index contributed by atoms with van der Waals surface area (Å²) in [7, 11) is -1.96. The molecule has 9 heteroatoms. The Morgan fingerprint density at radius 3 is 2.55 bits per heavy atom. The van der Waals surface area contributed by atoms with Gasteiger partial charge in [0.05, 0.1) is 11.5 Å². The highest BCUT2D eigenvalue weighted by Gasteiger charge is 2.12. The quantitative estimate of drug-likeness (QED) is 0.704. The minimum atomic E-state index is -3.48. The van der Waals surface area contributed by atoms with Crippen LogP contribution in [-0.4, -0.2) is 38.9 Å². The molecule has 0 fully saturated rings. The number of anilines is 1. The first-order valence-corrected chi connectivity index (χ1v) is 8.93. The van der Waals surface area contributed by atoms with Crippen molar-refractivity contribution in [2.24, 2.45) is 0 Å². The fraction of sp³-hybridized carbons (Fsp3) is 0.385. The molecule has 0 bridgehead atoms. The predicted molar refractivity (Wildman–Crippen MR) is 85.5 cm³/mol. The van der Waals surface area contributed by atoms with E-state index in [-0.39, 0.29) is 11.4 Å². The number of nitrogens with zero attached hydrogens (tertiary/aromatic N) is 2. The van der Waals surface area contributed by atoms with Gasteiger partial charge in [0.2, 0.25) is 15.2 Å². The van der Waals surface area contributed by atoms with Gasteiger partial charge in [0.15, 0.2) is 0 Å². The second kappa shape index (κ2) is 7.63. The molecule has 2 aromatic rings. The molecule has 7 nitrogen and oxygen atoms in total. The van der Waals surface area contributed by atoms with E-state index in [1.54, 1.807) is 24.3 Å². The molecular weight excluding hydrogens is 324 g/mol. The highest BCUT2D eigenvalue weighted by molar-refractivity contribution is 7.89. The van der Waals surface area contributed by atoms with Crippen LogP contribution in [0.2, 0.25) is 0 Å². The van der Waals surface area contributed by atoms with Crippen molar-refractivity contribution in [3.63, 3.8) is 0 Å². The van der Waals surface area contributed by atoms with Gasteiger partial charge in [-0.15, -0.1) is 10.2 Å². The van der Waals surface area contributed by atoms with E-state index in [1.807, 2.05) is 6.92 Å². The first-order chi connectivity index (χ1) is 10.5. The molecule has 22 heavy (non-hydrogen) atoms. The van der Waals surface area contributed by atoms with Crippen LogP contribution in [0.3, 0.4) is 0 Å². The summed E-state index contributed by atoms with van der Waals surface area (Å²) in [4.78, 5) is 0.235. The van der Waals surface area contributed by atoms with Crippen LogP contribution in [0.1, 0.15) is 10.6 Å². The van der Waals surface area contributed by atoms with Crippen LogP contribution in [0, 0.1) is 6.92 Å². The van der Waals surface area contributed by atoms with Crippen molar-refractivity contribution in [1.82, 2.24) is 14.9 Å². The summed E-state index contributed by atoms with van der Waals surface area (Å²) in [5, 5.41) is 12.7. The zero-order valence-electron chi connectivity index (χ0n) is 12.4. The van der Waals surface area contributed by atoms with Gasteiger partial charge in [-0.1, -0.05) is 23.5 Å². The van der Waals surface area contributed by atoms with Gasteiger partial charge in [0, 0.05) is 20.2 Å². The van der Waals surface area contributed by atoms with Gasteiger partial charge in [0.25, 0.3) is 0 Å². The maximum atomic E-state index is 12.0. The largest absolute Gasteiger partial charge is 0.383 e. The number of benzene rings is 1. The fourth-order valence-corrected chi connectivity index (χ4v) is 3.29. The lowest BCUT2D eigenvalue weighted by molar-refractivity contribution is 0.204. The van der Waals surface area contributed by atoms with E-state index >= 15 is 0 Å². The van der Waals surface area contributed by atoms with Crippen LogP contribution in [0.15, 0.2) is 29.2 Å². The van der Waals surface area contributed by atoms with Gasteiger partial charge in [-0.05, 0) is 24.6 Å². The smallest absolute Gasteiger partial charge is 0.240 e. The van der Waals surface area contributed by atoms with Gasteiger partial charge < -0.3 is 10.1 Å². The molecule has 1 heterocycles. The second-order valence-corrected chi connectivity index (χ2v) is 7.46. The summed E-state index contributed by atoms with van der Waals surface area (Å²) in [5.74, 6) is 0. The average Bonchev–Trinajstić information content (AvgIpc) is 2.91. The molecule has 0 aliphatic carbocycles. The molecule has 2 N–H and O–H groups in total. The second-order valence-electron chi connectivity index (χ2n) is 4.51. The van der Waals surface area contributed by atoms with Gasteiger partial charge in [0.1, 0.15) is 5.01 Å². The fourth-order valence-electron chi connectivity index (χ4n) is 1.69. The maximum absolute atomic E-state index is 12.0. The van der Waals surface area contributed by atoms with Crippen molar-refractivity contribution >= 4 is 26.5 Å². The number of sulfonamides is 1. The van der Waals surface area contributed by atoms with E-state index in [0.29, 0.717) is 13.2 Å². The molecule has 2 rings (SSSR count). The minimum absolute atomic E-state index is 0.235. The van der Waals surface area contributed by atoms with Crippen LogP contribution in [0.5, 0.6) is 0 Å². The number of nitrogens with one attached hydrogen (secondary N) is 2. The van der Waals surface area contributed by atoms with Gasteiger partial charge in [-0.3, -0.25) is 0 Å². The van der Waals surface area contributed by atoms with Crippen LogP contribution in [-0.2, 0) is 21.3 Å². The highest BCUT2D eigenvalue weighted by Crippen LogP contribution is 2.16. The number of rotatable bonds is 8. The van der Waals surface area contributed by atoms with E-state index in [1.165, 1.54) is 18.4 Å². The van der Waals surface area contributed by atoms with Gasteiger partial charge >= 0.3 is 0 Å². The Labute approximate surface area is 133 Å². The van der Waals surface area contributed by atoms with E-state index in [9.17, 15) is 8.42 Å². The van der Waals surface area contributed by atoms with Crippen molar-refractivity contribution in [2.45, 2.75) is 18.4 Å². The third-order valence-corrected chi connectivity index (χ3v) is 5.08. The molecule has 1 aromatic carbocycles. The molecule has 120 valence electrons.